The van der Waals surface area contributed by atoms with E-state index < -0.39 is 0 Å². The summed E-state index contributed by atoms with van der Waals surface area (Å²) in [5.74, 6) is 0.0463. The third-order valence-corrected chi connectivity index (χ3v) is 2.80. The van der Waals surface area contributed by atoms with Crippen LogP contribution in [0.5, 0.6) is 5.75 Å². The van der Waals surface area contributed by atoms with E-state index in [1.807, 2.05) is 18.2 Å². The zero-order valence-electron chi connectivity index (χ0n) is 11.4. The summed E-state index contributed by atoms with van der Waals surface area (Å²) in [4.78, 5) is 23.6. The molecule has 5 nitrogen and oxygen atoms in total. The topological polar surface area (TPSA) is 81.4 Å². The number of amides is 1. The van der Waals surface area contributed by atoms with Gasteiger partial charge in [0, 0.05) is 5.56 Å². The second-order valence-electron chi connectivity index (χ2n) is 4.32. The van der Waals surface area contributed by atoms with Gasteiger partial charge in [-0.1, -0.05) is 30.3 Å². The minimum absolute atomic E-state index is 0.104. The van der Waals surface area contributed by atoms with Crippen molar-refractivity contribution < 1.29 is 14.3 Å². The van der Waals surface area contributed by atoms with Crippen molar-refractivity contribution in [1.29, 1.82) is 0 Å². The van der Waals surface area contributed by atoms with Crippen LogP contribution in [0.1, 0.15) is 10.4 Å². The van der Waals surface area contributed by atoms with Crippen LogP contribution in [0.2, 0.25) is 0 Å². The second-order valence-corrected chi connectivity index (χ2v) is 4.32. The van der Waals surface area contributed by atoms with Crippen molar-refractivity contribution in [2.75, 3.05) is 18.5 Å². The Morgan fingerprint density at radius 2 is 1.67 bits per heavy atom. The predicted octanol–water partition coefficient (Wildman–Crippen LogP) is 1.85. The molecule has 0 bridgehead atoms. The molecule has 1 amide bonds. The van der Waals surface area contributed by atoms with Crippen LogP contribution in [0, 0.1) is 0 Å². The van der Waals surface area contributed by atoms with Crippen molar-refractivity contribution in [3.8, 4) is 5.75 Å². The van der Waals surface area contributed by atoms with Gasteiger partial charge in [0.15, 0.2) is 12.4 Å². The zero-order valence-corrected chi connectivity index (χ0v) is 11.4. The Kier molecular flexibility index (Phi) is 5.06. The molecule has 0 aromatic heterocycles. The first kappa shape index (κ1) is 14.7. The van der Waals surface area contributed by atoms with Gasteiger partial charge in [0.25, 0.3) is 5.91 Å². The Morgan fingerprint density at radius 3 is 2.38 bits per heavy atom. The largest absolute Gasteiger partial charge is 0.484 e. The van der Waals surface area contributed by atoms with E-state index in [4.69, 9.17) is 10.5 Å². The summed E-state index contributed by atoms with van der Waals surface area (Å²) >= 11 is 0. The Hall–Kier alpha value is -2.66. The average molecular weight is 284 g/mol. The van der Waals surface area contributed by atoms with Gasteiger partial charge in [-0.25, -0.2) is 0 Å². The highest BCUT2D eigenvalue weighted by molar-refractivity contribution is 6.05. The lowest BCUT2D eigenvalue weighted by atomic mass is 10.1. The molecule has 2 aromatic carbocycles. The molecule has 0 radical (unpaired) electrons. The normalized spacial score (nSPS) is 9.95. The van der Waals surface area contributed by atoms with E-state index >= 15 is 0 Å². The number of carbonyl (C=O) groups excluding carboxylic acids is 2. The van der Waals surface area contributed by atoms with Gasteiger partial charge in [-0.2, -0.15) is 0 Å². The molecule has 0 atom stereocenters. The first-order chi connectivity index (χ1) is 10.2. The fourth-order valence-electron chi connectivity index (χ4n) is 1.80. The molecule has 2 rings (SSSR count). The molecule has 108 valence electrons. The fourth-order valence-corrected chi connectivity index (χ4v) is 1.80. The van der Waals surface area contributed by atoms with Crippen LogP contribution in [0.3, 0.4) is 0 Å². The monoisotopic (exact) mass is 284 g/mol. The van der Waals surface area contributed by atoms with Crippen molar-refractivity contribution >= 4 is 17.4 Å². The number of carbonyl (C=O) groups is 2. The van der Waals surface area contributed by atoms with E-state index in [1.165, 1.54) is 0 Å². The predicted molar refractivity (Wildman–Crippen MR) is 80.4 cm³/mol. The van der Waals surface area contributed by atoms with Crippen LogP contribution in [0.4, 0.5) is 5.69 Å². The maximum absolute atomic E-state index is 11.9. The van der Waals surface area contributed by atoms with Gasteiger partial charge in [-0.05, 0) is 24.3 Å². The van der Waals surface area contributed by atoms with Crippen LogP contribution in [0.25, 0.3) is 0 Å². The molecular weight excluding hydrogens is 268 g/mol. The van der Waals surface area contributed by atoms with Crippen LogP contribution < -0.4 is 15.8 Å². The molecule has 0 aliphatic rings. The highest BCUT2D eigenvalue weighted by Gasteiger charge is 2.11. The number of rotatable bonds is 6. The van der Waals surface area contributed by atoms with E-state index in [-0.39, 0.29) is 24.8 Å². The van der Waals surface area contributed by atoms with E-state index in [2.05, 4.69) is 5.32 Å². The SMILES string of the molecule is NCC(=O)c1ccccc1NC(=O)COc1ccccc1. The summed E-state index contributed by atoms with van der Waals surface area (Å²) in [6.07, 6.45) is 0. The molecule has 0 heterocycles. The number of ketones is 1. The minimum atomic E-state index is -0.337. The van der Waals surface area contributed by atoms with Gasteiger partial charge in [0.2, 0.25) is 0 Å². The third kappa shape index (κ3) is 4.15. The third-order valence-electron chi connectivity index (χ3n) is 2.80. The Morgan fingerprint density at radius 1 is 1.00 bits per heavy atom. The lowest BCUT2D eigenvalue weighted by Gasteiger charge is -2.10. The summed E-state index contributed by atoms with van der Waals surface area (Å²) in [5, 5.41) is 2.66. The molecule has 0 fully saturated rings. The Bertz CT molecular complexity index is 626. The number of Topliss-reactive ketones (excluding diaryl/α,β-unsaturated/α-hetero) is 1. The number of para-hydroxylation sites is 2. The number of nitrogens with two attached hydrogens (primary N) is 1. The van der Waals surface area contributed by atoms with E-state index in [0.717, 1.165) is 0 Å². The van der Waals surface area contributed by atoms with Crippen LogP contribution in [0.15, 0.2) is 54.6 Å². The molecule has 2 aromatic rings. The molecule has 0 spiro atoms. The van der Waals surface area contributed by atoms with Gasteiger partial charge in [-0.3, -0.25) is 9.59 Å². The number of hydrogen-bond donors (Lipinski definition) is 2. The minimum Gasteiger partial charge on any atom is -0.484 e. The highest BCUT2D eigenvalue weighted by atomic mass is 16.5. The smallest absolute Gasteiger partial charge is 0.262 e. The summed E-state index contributed by atoms with van der Waals surface area (Å²) in [6, 6.07) is 15.8. The number of ether oxygens (including phenoxy) is 1. The number of anilines is 1. The molecular formula is C16H16N2O3. The van der Waals surface area contributed by atoms with Gasteiger partial charge >= 0.3 is 0 Å². The van der Waals surface area contributed by atoms with E-state index in [0.29, 0.717) is 17.0 Å². The molecule has 3 N–H and O–H groups in total. The van der Waals surface area contributed by atoms with Crippen LogP contribution in [-0.2, 0) is 4.79 Å². The van der Waals surface area contributed by atoms with E-state index in [1.54, 1.807) is 36.4 Å². The number of benzene rings is 2. The molecule has 5 heteroatoms. The van der Waals surface area contributed by atoms with Crippen LogP contribution in [-0.4, -0.2) is 24.8 Å². The van der Waals surface area contributed by atoms with E-state index in [9.17, 15) is 9.59 Å². The molecule has 0 saturated carbocycles. The zero-order chi connectivity index (χ0) is 15.1. The molecule has 0 saturated heterocycles. The molecule has 0 aliphatic heterocycles. The maximum Gasteiger partial charge on any atom is 0.262 e. The highest BCUT2D eigenvalue weighted by Crippen LogP contribution is 2.15. The van der Waals surface area contributed by atoms with Gasteiger partial charge in [0.05, 0.1) is 12.2 Å². The van der Waals surface area contributed by atoms with Gasteiger partial charge < -0.3 is 15.8 Å². The lowest BCUT2D eigenvalue weighted by molar-refractivity contribution is -0.118. The van der Waals surface area contributed by atoms with Crippen molar-refractivity contribution in [3.05, 3.63) is 60.2 Å². The fraction of sp³-hybridized carbons (Fsp3) is 0.125. The van der Waals surface area contributed by atoms with Crippen molar-refractivity contribution in [3.63, 3.8) is 0 Å². The summed E-state index contributed by atoms with van der Waals surface area (Å²) in [7, 11) is 0. The molecule has 0 aliphatic carbocycles. The number of nitrogens with one attached hydrogen (secondary N) is 1. The second kappa shape index (κ2) is 7.21. The van der Waals surface area contributed by atoms with Gasteiger partial charge in [0.1, 0.15) is 5.75 Å². The quantitative estimate of drug-likeness (QED) is 0.793. The first-order valence-corrected chi connectivity index (χ1v) is 6.50. The van der Waals surface area contributed by atoms with Crippen molar-refractivity contribution in [2.45, 2.75) is 0 Å². The summed E-state index contributed by atoms with van der Waals surface area (Å²) in [5.41, 5.74) is 6.19. The summed E-state index contributed by atoms with van der Waals surface area (Å²) in [6.45, 7) is -0.234. The first-order valence-electron chi connectivity index (χ1n) is 6.50. The standard InChI is InChI=1S/C16H16N2O3/c17-10-15(19)13-8-4-5-9-14(13)18-16(20)11-21-12-6-2-1-3-7-12/h1-9H,10-11,17H2,(H,18,20). The molecule has 0 unspecified atom stereocenters. The lowest BCUT2D eigenvalue weighted by Crippen LogP contribution is -2.22. The summed E-state index contributed by atoms with van der Waals surface area (Å²) < 4.78 is 5.35. The van der Waals surface area contributed by atoms with Gasteiger partial charge in [-0.15, -0.1) is 0 Å². The Labute approximate surface area is 122 Å². The number of hydrogen-bond acceptors (Lipinski definition) is 4. The maximum atomic E-state index is 11.9. The Balaban J connectivity index is 1.98. The van der Waals surface area contributed by atoms with Crippen LogP contribution >= 0.6 is 0 Å². The van der Waals surface area contributed by atoms with Crippen molar-refractivity contribution in [2.24, 2.45) is 5.73 Å². The molecule has 21 heavy (non-hydrogen) atoms. The average Bonchev–Trinajstić information content (AvgIpc) is 2.54. The van der Waals surface area contributed by atoms with Crippen molar-refractivity contribution in [1.82, 2.24) is 0 Å².